The van der Waals surface area contributed by atoms with Gasteiger partial charge in [-0.05, 0) is 29.4 Å². The van der Waals surface area contributed by atoms with E-state index in [1.54, 1.807) is 6.92 Å². The van der Waals surface area contributed by atoms with Crippen LogP contribution in [0.1, 0.15) is 51.7 Å². The quantitative estimate of drug-likeness (QED) is 0.927. The summed E-state index contributed by atoms with van der Waals surface area (Å²) in [6.07, 6.45) is 2.11. The molecule has 1 aromatic rings. The van der Waals surface area contributed by atoms with Crippen LogP contribution in [0.15, 0.2) is 24.3 Å². The molecule has 1 heterocycles. The van der Waals surface area contributed by atoms with Crippen molar-refractivity contribution in [1.82, 2.24) is 10.2 Å². The maximum Gasteiger partial charge on any atom is 0.219 e. The first-order chi connectivity index (χ1) is 9.86. The topological polar surface area (TPSA) is 32.3 Å². The van der Waals surface area contributed by atoms with E-state index in [2.05, 4.69) is 50.4 Å². The number of benzene rings is 1. The molecule has 2 rings (SSSR count). The monoisotopic (exact) mass is 288 g/mol. The van der Waals surface area contributed by atoms with Crippen LogP contribution in [0.4, 0.5) is 0 Å². The van der Waals surface area contributed by atoms with Crippen molar-refractivity contribution in [2.75, 3.05) is 13.1 Å². The number of rotatable bonds is 3. The van der Waals surface area contributed by atoms with Crippen LogP contribution >= 0.6 is 0 Å². The minimum absolute atomic E-state index is 0.200. The van der Waals surface area contributed by atoms with Crippen LogP contribution in [0.2, 0.25) is 0 Å². The molecule has 1 amide bonds. The molecule has 116 valence electrons. The van der Waals surface area contributed by atoms with E-state index in [9.17, 15) is 4.79 Å². The van der Waals surface area contributed by atoms with Gasteiger partial charge in [-0.3, -0.25) is 4.79 Å². The molecular formula is C18H28N2O. The standard InChI is InChI=1S/C18H28N2O/c1-14(21)20-11-9-17(10-12-20)19-13-15-5-7-16(8-6-15)18(2,3)4/h5-8,17,19H,9-13H2,1-4H3. The van der Waals surface area contributed by atoms with Crippen molar-refractivity contribution >= 4 is 5.91 Å². The average molecular weight is 288 g/mol. The van der Waals surface area contributed by atoms with Crippen LogP contribution in [-0.4, -0.2) is 29.9 Å². The summed E-state index contributed by atoms with van der Waals surface area (Å²) in [4.78, 5) is 13.2. The Kier molecular flexibility index (Phi) is 5.04. The number of carbonyl (C=O) groups is 1. The van der Waals surface area contributed by atoms with Gasteiger partial charge in [-0.15, -0.1) is 0 Å². The Morgan fingerprint density at radius 2 is 1.76 bits per heavy atom. The summed E-state index contributed by atoms with van der Waals surface area (Å²) in [5.41, 5.74) is 2.92. The molecule has 0 saturated carbocycles. The zero-order valence-corrected chi connectivity index (χ0v) is 13.8. The van der Waals surface area contributed by atoms with E-state index in [4.69, 9.17) is 0 Å². The molecule has 0 aliphatic carbocycles. The van der Waals surface area contributed by atoms with Gasteiger partial charge < -0.3 is 10.2 Å². The normalized spacial score (nSPS) is 17.0. The minimum atomic E-state index is 0.200. The Bertz CT molecular complexity index is 465. The fourth-order valence-corrected chi connectivity index (χ4v) is 2.78. The van der Waals surface area contributed by atoms with Gasteiger partial charge in [-0.25, -0.2) is 0 Å². The lowest BCUT2D eigenvalue weighted by molar-refractivity contribution is -0.129. The van der Waals surface area contributed by atoms with Gasteiger partial charge in [0.1, 0.15) is 0 Å². The molecule has 1 N–H and O–H groups in total. The van der Waals surface area contributed by atoms with Gasteiger partial charge in [0, 0.05) is 32.6 Å². The van der Waals surface area contributed by atoms with Gasteiger partial charge in [0.15, 0.2) is 0 Å². The van der Waals surface area contributed by atoms with E-state index >= 15 is 0 Å². The molecule has 0 radical (unpaired) electrons. The fourth-order valence-electron chi connectivity index (χ4n) is 2.78. The first-order valence-corrected chi connectivity index (χ1v) is 7.94. The number of likely N-dealkylation sites (tertiary alicyclic amines) is 1. The first kappa shape index (κ1) is 16.0. The lowest BCUT2D eigenvalue weighted by Crippen LogP contribution is -2.43. The van der Waals surface area contributed by atoms with Crippen LogP contribution in [0, 0.1) is 0 Å². The molecule has 1 saturated heterocycles. The second kappa shape index (κ2) is 6.61. The molecule has 0 aromatic heterocycles. The highest BCUT2D eigenvalue weighted by Gasteiger charge is 2.20. The van der Waals surface area contributed by atoms with Crippen molar-refractivity contribution < 1.29 is 4.79 Å². The van der Waals surface area contributed by atoms with E-state index in [-0.39, 0.29) is 11.3 Å². The SMILES string of the molecule is CC(=O)N1CCC(NCc2ccc(C(C)(C)C)cc2)CC1. The van der Waals surface area contributed by atoms with Crippen molar-refractivity contribution in [3.8, 4) is 0 Å². The van der Waals surface area contributed by atoms with Crippen molar-refractivity contribution in [2.24, 2.45) is 0 Å². The van der Waals surface area contributed by atoms with E-state index in [1.807, 2.05) is 4.90 Å². The van der Waals surface area contributed by atoms with Crippen molar-refractivity contribution in [1.29, 1.82) is 0 Å². The smallest absolute Gasteiger partial charge is 0.219 e. The van der Waals surface area contributed by atoms with Gasteiger partial charge in [0.2, 0.25) is 5.91 Å². The second-order valence-electron chi connectivity index (χ2n) is 7.11. The molecule has 1 aliphatic heterocycles. The van der Waals surface area contributed by atoms with Crippen molar-refractivity contribution in [3.63, 3.8) is 0 Å². The maximum absolute atomic E-state index is 11.3. The Hall–Kier alpha value is -1.35. The first-order valence-electron chi connectivity index (χ1n) is 7.94. The van der Waals surface area contributed by atoms with Gasteiger partial charge >= 0.3 is 0 Å². The zero-order chi connectivity index (χ0) is 15.5. The highest BCUT2D eigenvalue weighted by atomic mass is 16.2. The van der Waals surface area contributed by atoms with Gasteiger partial charge in [-0.1, -0.05) is 45.0 Å². The largest absolute Gasteiger partial charge is 0.343 e. The summed E-state index contributed by atoms with van der Waals surface area (Å²) in [5.74, 6) is 0.200. The van der Waals surface area contributed by atoms with Gasteiger partial charge in [0.25, 0.3) is 0 Å². The Morgan fingerprint density at radius 1 is 1.19 bits per heavy atom. The lowest BCUT2D eigenvalue weighted by Gasteiger charge is -2.31. The number of nitrogens with one attached hydrogen (secondary N) is 1. The summed E-state index contributed by atoms with van der Waals surface area (Å²) >= 11 is 0. The summed E-state index contributed by atoms with van der Waals surface area (Å²) in [6, 6.07) is 9.43. The highest BCUT2D eigenvalue weighted by Crippen LogP contribution is 2.22. The number of piperidine rings is 1. The Morgan fingerprint density at radius 3 is 2.24 bits per heavy atom. The molecule has 1 fully saturated rings. The molecule has 0 spiro atoms. The van der Waals surface area contributed by atoms with Crippen molar-refractivity contribution in [3.05, 3.63) is 35.4 Å². The number of hydrogen-bond acceptors (Lipinski definition) is 2. The summed E-state index contributed by atoms with van der Waals surface area (Å²) in [6.45, 7) is 11.1. The highest BCUT2D eigenvalue weighted by molar-refractivity contribution is 5.73. The van der Waals surface area contributed by atoms with Crippen LogP contribution in [-0.2, 0) is 16.8 Å². The molecule has 3 heteroatoms. The molecule has 1 aromatic carbocycles. The zero-order valence-electron chi connectivity index (χ0n) is 13.8. The van der Waals surface area contributed by atoms with E-state index in [0.717, 1.165) is 32.5 Å². The van der Waals surface area contributed by atoms with E-state index < -0.39 is 0 Å². The Balaban J connectivity index is 1.80. The second-order valence-corrected chi connectivity index (χ2v) is 7.11. The molecular weight excluding hydrogens is 260 g/mol. The molecule has 1 aliphatic rings. The predicted molar refractivity (Wildman–Crippen MR) is 87.3 cm³/mol. The number of hydrogen-bond donors (Lipinski definition) is 1. The lowest BCUT2D eigenvalue weighted by atomic mass is 9.87. The van der Waals surface area contributed by atoms with Crippen LogP contribution < -0.4 is 5.32 Å². The van der Waals surface area contributed by atoms with Crippen LogP contribution in [0.3, 0.4) is 0 Å². The number of amides is 1. The van der Waals surface area contributed by atoms with Crippen molar-refractivity contribution in [2.45, 2.75) is 58.5 Å². The predicted octanol–water partition coefficient (Wildman–Crippen LogP) is 3.08. The molecule has 21 heavy (non-hydrogen) atoms. The van der Waals surface area contributed by atoms with Crippen LogP contribution in [0.25, 0.3) is 0 Å². The van der Waals surface area contributed by atoms with Crippen LogP contribution in [0.5, 0.6) is 0 Å². The molecule has 0 unspecified atom stereocenters. The third kappa shape index (κ3) is 4.57. The van der Waals surface area contributed by atoms with Gasteiger partial charge in [0.05, 0.1) is 0 Å². The molecule has 3 nitrogen and oxygen atoms in total. The van der Waals surface area contributed by atoms with E-state index in [1.165, 1.54) is 11.1 Å². The summed E-state index contributed by atoms with van der Waals surface area (Å²) in [7, 11) is 0. The Labute approximate surface area is 128 Å². The van der Waals surface area contributed by atoms with Gasteiger partial charge in [-0.2, -0.15) is 0 Å². The summed E-state index contributed by atoms with van der Waals surface area (Å²) < 4.78 is 0. The summed E-state index contributed by atoms with van der Waals surface area (Å²) in [5, 5.41) is 3.62. The fraction of sp³-hybridized carbons (Fsp3) is 0.611. The van der Waals surface area contributed by atoms with E-state index in [0.29, 0.717) is 6.04 Å². The number of nitrogens with zero attached hydrogens (tertiary/aromatic N) is 1. The molecule has 0 atom stereocenters. The maximum atomic E-state index is 11.3. The minimum Gasteiger partial charge on any atom is -0.343 e. The number of carbonyl (C=O) groups excluding carboxylic acids is 1. The third-order valence-corrected chi connectivity index (χ3v) is 4.36. The third-order valence-electron chi connectivity index (χ3n) is 4.36. The average Bonchev–Trinajstić information content (AvgIpc) is 2.45. The molecule has 0 bridgehead atoms.